The minimum Gasteiger partial charge on any atom is -0.300 e. The van der Waals surface area contributed by atoms with Gasteiger partial charge >= 0.3 is 0 Å². The molecule has 0 N–H and O–H groups in total. The maximum Gasteiger partial charge on any atom is 0.00901 e. The van der Waals surface area contributed by atoms with Crippen LogP contribution in [0.15, 0.2) is 12.2 Å². The molecule has 0 bridgehead atoms. The van der Waals surface area contributed by atoms with E-state index in [0.29, 0.717) is 16.2 Å². The maximum absolute atomic E-state index is 4.50. The first-order valence-electron chi connectivity index (χ1n) is 21.1. The Morgan fingerprint density at radius 3 is 2.30 bits per heavy atom. The van der Waals surface area contributed by atoms with Crippen LogP contribution in [0, 0.1) is 80.3 Å². The maximum atomic E-state index is 4.50. The summed E-state index contributed by atoms with van der Waals surface area (Å²) in [6.07, 6.45) is 25.5. The van der Waals surface area contributed by atoms with E-state index in [-0.39, 0.29) is 5.41 Å². The lowest BCUT2D eigenvalue weighted by Gasteiger charge is -2.61. The summed E-state index contributed by atoms with van der Waals surface area (Å²) >= 11 is 0. The van der Waals surface area contributed by atoms with Gasteiger partial charge in [-0.15, -0.1) is 0 Å². The highest BCUT2D eigenvalue weighted by molar-refractivity contribution is 5.29. The zero-order chi connectivity index (χ0) is 32.9. The van der Waals surface area contributed by atoms with Gasteiger partial charge in [-0.1, -0.05) is 80.9 Å². The number of piperidine rings is 1. The van der Waals surface area contributed by atoms with Crippen LogP contribution in [0.5, 0.6) is 0 Å². The lowest BCUT2D eigenvalue weighted by molar-refractivity contribution is -0.125. The fourth-order valence-electron chi connectivity index (χ4n) is 15.9. The molecule has 7 aliphatic rings. The minimum atomic E-state index is 0.274. The molecule has 7 rings (SSSR count). The zero-order valence-electron chi connectivity index (χ0n) is 32.4. The Hall–Kier alpha value is -0.300. The number of fused-ring (bicyclic) bond motifs is 4. The summed E-state index contributed by atoms with van der Waals surface area (Å²) < 4.78 is 0. The fraction of sp³-hybridized carbons (Fsp3) is 0.956. The molecule has 0 aromatic rings. The number of rotatable bonds is 8. The third-order valence-corrected chi connectivity index (χ3v) is 18.6. The summed E-state index contributed by atoms with van der Waals surface area (Å²) in [4.78, 5) is 2.91. The first kappa shape index (κ1) is 34.2. The van der Waals surface area contributed by atoms with Gasteiger partial charge in [0, 0.05) is 12.6 Å². The Labute approximate surface area is 287 Å². The molecule has 1 heterocycles. The van der Waals surface area contributed by atoms with E-state index in [0.717, 1.165) is 64.7 Å². The van der Waals surface area contributed by atoms with Crippen LogP contribution in [0.2, 0.25) is 0 Å². The van der Waals surface area contributed by atoms with E-state index in [9.17, 15) is 0 Å². The van der Waals surface area contributed by atoms with Crippen molar-refractivity contribution in [2.75, 3.05) is 13.1 Å². The second kappa shape index (κ2) is 11.9. The van der Waals surface area contributed by atoms with Crippen molar-refractivity contribution < 1.29 is 0 Å². The average Bonchev–Trinajstić information content (AvgIpc) is 3.59. The van der Waals surface area contributed by atoms with Gasteiger partial charge in [0.2, 0.25) is 0 Å². The second-order valence-corrected chi connectivity index (χ2v) is 21.2. The molecule has 46 heavy (non-hydrogen) atoms. The van der Waals surface area contributed by atoms with E-state index in [1.54, 1.807) is 57.8 Å². The zero-order valence-corrected chi connectivity index (χ0v) is 32.4. The molecular formula is C45H77N. The summed E-state index contributed by atoms with van der Waals surface area (Å²) in [7, 11) is 0. The van der Waals surface area contributed by atoms with Crippen LogP contribution in [-0.4, -0.2) is 24.0 Å². The number of nitrogens with zero attached hydrogens (tertiary/aromatic N) is 1. The van der Waals surface area contributed by atoms with Crippen LogP contribution < -0.4 is 0 Å². The molecule has 12 unspecified atom stereocenters. The molecule has 0 aromatic heterocycles. The van der Waals surface area contributed by atoms with Crippen molar-refractivity contribution >= 4 is 0 Å². The summed E-state index contributed by atoms with van der Waals surface area (Å²) in [5, 5.41) is 0. The number of hydrogen-bond acceptors (Lipinski definition) is 1. The lowest BCUT2D eigenvalue weighted by Crippen LogP contribution is -2.54. The Morgan fingerprint density at radius 2 is 1.59 bits per heavy atom. The van der Waals surface area contributed by atoms with Gasteiger partial charge in [-0.3, -0.25) is 0 Å². The van der Waals surface area contributed by atoms with Crippen LogP contribution in [-0.2, 0) is 0 Å². The van der Waals surface area contributed by atoms with Gasteiger partial charge in [-0.2, -0.15) is 0 Å². The molecular weight excluding hydrogens is 555 g/mol. The van der Waals surface area contributed by atoms with Gasteiger partial charge < -0.3 is 4.90 Å². The monoisotopic (exact) mass is 632 g/mol. The summed E-state index contributed by atoms with van der Waals surface area (Å²) in [5.41, 5.74) is 4.37. The van der Waals surface area contributed by atoms with Crippen molar-refractivity contribution in [1.29, 1.82) is 0 Å². The molecule has 262 valence electrons. The molecule has 0 aromatic carbocycles. The number of hydrogen-bond donors (Lipinski definition) is 0. The van der Waals surface area contributed by atoms with Crippen molar-refractivity contribution in [3.8, 4) is 0 Å². The predicted octanol–water partition coefficient (Wildman–Crippen LogP) is 12.6. The van der Waals surface area contributed by atoms with Crippen molar-refractivity contribution in [3.63, 3.8) is 0 Å². The first-order chi connectivity index (χ1) is 21.7. The highest BCUT2D eigenvalue weighted by Crippen LogP contribution is 2.88. The Balaban J connectivity index is 1.03. The van der Waals surface area contributed by atoms with E-state index in [2.05, 4.69) is 73.8 Å². The van der Waals surface area contributed by atoms with E-state index < -0.39 is 0 Å². The van der Waals surface area contributed by atoms with Crippen LogP contribution >= 0.6 is 0 Å². The predicted molar refractivity (Wildman–Crippen MR) is 198 cm³/mol. The van der Waals surface area contributed by atoms with Crippen molar-refractivity contribution in [1.82, 2.24) is 4.90 Å². The Kier molecular flexibility index (Phi) is 8.84. The molecule has 1 aliphatic heterocycles. The minimum absolute atomic E-state index is 0.274. The third kappa shape index (κ3) is 5.12. The third-order valence-electron chi connectivity index (χ3n) is 18.6. The van der Waals surface area contributed by atoms with Crippen LogP contribution in [0.3, 0.4) is 0 Å². The normalized spacial score (nSPS) is 47.3. The second-order valence-electron chi connectivity index (χ2n) is 21.2. The van der Waals surface area contributed by atoms with E-state index >= 15 is 0 Å². The van der Waals surface area contributed by atoms with Gasteiger partial charge in [0.15, 0.2) is 0 Å². The smallest absolute Gasteiger partial charge is 0.00901 e. The first-order valence-corrected chi connectivity index (χ1v) is 21.1. The molecule has 7 fully saturated rings. The van der Waals surface area contributed by atoms with Crippen molar-refractivity contribution in [2.45, 2.75) is 178 Å². The Morgan fingerprint density at radius 1 is 0.848 bits per heavy atom. The van der Waals surface area contributed by atoms with Crippen LogP contribution in [0.4, 0.5) is 0 Å². The van der Waals surface area contributed by atoms with Gasteiger partial charge in [0.05, 0.1) is 0 Å². The van der Waals surface area contributed by atoms with Crippen LogP contribution in [0.1, 0.15) is 171 Å². The molecule has 6 aliphatic carbocycles. The van der Waals surface area contributed by atoms with Gasteiger partial charge in [-0.05, 0) is 190 Å². The quantitative estimate of drug-likeness (QED) is 0.241. The average molecular weight is 632 g/mol. The van der Waals surface area contributed by atoms with Gasteiger partial charge in [0.1, 0.15) is 0 Å². The van der Waals surface area contributed by atoms with Crippen LogP contribution in [0.25, 0.3) is 0 Å². The summed E-state index contributed by atoms with van der Waals surface area (Å²) in [6, 6.07) is 0.815. The van der Waals surface area contributed by atoms with E-state index in [1.165, 1.54) is 70.0 Å². The number of likely N-dealkylation sites (tertiary alicyclic amines) is 1. The highest BCUT2D eigenvalue weighted by atomic mass is 15.2. The SMILES string of the molecule is C=C(CCC1CCC2C(C1)CC1C3CCC4C(C)(C)C(C(C)C5CCCN(C(CC)CC)C5)CCC45CC35CCC21C)C(C)(C)C. The molecule has 0 amide bonds. The highest BCUT2D eigenvalue weighted by Gasteiger charge is 2.80. The molecule has 12 atom stereocenters. The lowest BCUT2D eigenvalue weighted by atomic mass is 9.44. The molecule has 1 saturated heterocycles. The molecule has 6 saturated carbocycles. The molecule has 1 heteroatoms. The Bertz CT molecular complexity index is 1120. The molecule has 2 spiro atoms. The van der Waals surface area contributed by atoms with E-state index in [1.807, 2.05) is 0 Å². The fourth-order valence-corrected chi connectivity index (χ4v) is 15.9. The summed E-state index contributed by atoms with van der Waals surface area (Å²) in [5.74, 6) is 8.85. The van der Waals surface area contributed by atoms with Crippen molar-refractivity contribution in [3.05, 3.63) is 12.2 Å². The molecule has 0 radical (unpaired) electrons. The standard InChI is InChI=1S/C45H77N/c1-11-35(12-2)46-25-13-14-33(28-46)31(4)36-21-22-45-29-44(45)24-23-43(10)37-18-17-32(16-15-30(3)41(5,6)7)26-34(37)27-39(43)38(44)19-20-40(45)42(36,8)9/h31-40H,3,11-29H2,1-2,4-10H3. The topological polar surface area (TPSA) is 3.24 Å². The summed E-state index contributed by atoms with van der Waals surface area (Å²) in [6.45, 7) is 30.3. The number of allylic oxidation sites excluding steroid dienone is 1. The van der Waals surface area contributed by atoms with Gasteiger partial charge in [-0.25, -0.2) is 0 Å². The van der Waals surface area contributed by atoms with E-state index in [4.69, 9.17) is 0 Å². The van der Waals surface area contributed by atoms with Crippen molar-refractivity contribution in [2.24, 2.45) is 80.3 Å². The largest absolute Gasteiger partial charge is 0.300 e. The van der Waals surface area contributed by atoms with Gasteiger partial charge in [0.25, 0.3) is 0 Å². The molecule has 1 nitrogen and oxygen atoms in total.